The molecule has 0 atom stereocenters. The van der Waals surface area contributed by atoms with Gasteiger partial charge in [-0.1, -0.05) is 30.3 Å². The lowest BCUT2D eigenvalue weighted by Crippen LogP contribution is -2.57. The molecule has 150 valence electrons. The zero-order chi connectivity index (χ0) is 20.4. The lowest BCUT2D eigenvalue weighted by atomic mass is 9.85. The number of benzene rings is 1. The van der Waals surface area contributed by atoms with Crippen LogP contribution in [0.25, 0.3) is 0 Å². The van der Waals surface area contributed by atoms with Crippen LogP contribution in [0.1, 0.15) is 28.8 Å². The van der Waals surface area contributed by atoms with Gasteiger partial charge in [-0.3, -0.25) is 14.9 Å². The number of imide groups is 1. The first-order chi connectivity index (χ1) is 14.0. The molecule has 1 aromatic carbocycles. The molecule has 1 aromatic heterocycles. The summed E-state index contributed by atoms with van der Waals surface area (Å²) in [5, 5.41) is 5.26. The second kappa shape index (κ2) is 7.50. The third-order valence-electron chi connectivity index (χ3n) is 5.59. The summed E-state index contributed by atoms with van der Waals surface area (Å²) < 4.78 is 0. The Kier molecular flexibility index (Phi) is 4.87. The van der Waals surface area contributed by atoms with Gasteiger partial charge in [0.05, 0.1) is 5.56 Å². The molecule has 3 heterocycles. The molecule has 0 unspecified atom stereocenters. The maximum Gasteiger partial charge on any atom is 0.325 e. The molecule has 2 saturated heterocycles. The van der Waals surface area contributed by atoms with E-state index in [-0.39, 0.29) is 17.8 Å². The maximum atomic E-state index is 12.8. The number of likely N-dealkylation sites (tertiary alicyclic amines) is 1. The van der Waals surface area contributed by atoms with Gasteiger partial charge in [-0.15, -0.1) is 0 Å². The number of rotatable bonds is 4. The van der Waals surface area contributed by atoms with Gasteiger partial charge in [-0.05, 0) is 18.4 Å². The van der Waals surface area contributed by atoms with Gasteiger partial charge >= 0.3 is 6.03 Å². The van der Waals surface area contributed by atoms with Gasteiger partial charge in [-0.2, -0.15) is 0 Å². The van der Waals surface area contributed by atoms with E-state index in [1.54, 1.807) is 16.8 Å². The average molecular weight is 394 g/mol. The summed E-state index contributed by atoms with van der Waals surface area (Å²) in [5.41, 5.74) is 0.431. The molecule has 0 saturated carbocycles. The minimum Gasteiger partial charge on any atom is -0.357 e. The fourth-order valence-corrected chi connectivity index (χ4v) is 3.91. The third kappa shape index (κ3) is 3.39. The third-order valence-corrected chi connectivity index (χ3v) is 5.59. The predicted molar refractivity (Wildman–Crippen MR) is 105 cm³/mol. The minimum atomic E-state index is -0.920. The Labute approximate surface area is 168 Å². The molecule has 4 amide bonds. The summed E-state index contributed by atoms with van der Waals surface area (Å²) in [6, 6.07) is 9.19. The quantitative estimate of drug-likeness (QED) is 0.756. The largest absolute Gasteiger partial charge is 0.357 e. The standard InChI is InChI=1S/C20H22N6O3/c1-21-18-22-11-15(12-23-18)16(27)25-9-7-20(8-10-25)17(28)24-19(29)26(20)13-14-5-3-2-4-6-14/h2-6,11-12H,7-10,13H2,1H3,(H,21,22,23)(H,24,28,29). The van der Waals surface area contributed by atoms with Gasteiger partial charge < -0.3 is 15.1 Å². The van der Waals surface area contributed by atoms with Crippen molar-refractivity contribution in [3.63, 3.8) is 0 Å². The SMILES string of the molecule is CNc1ncc(C(=O)N2CCC3(CC2)C(=O)NC(=O)N3Cc2ccccc2)cn1. The van der Waals surface area contributed by atoms with E-state index in [1.807, 2.05) is 30.3 Å². The number of hydrogen-bond donors (Lipinski definition) is 2. The van der Waals surface area contributed by atoms with Crippen LogP contribution in [-0.2, 0) is 11.3 Å². The van der Waals surface area contributed by atoms with Gasteiger partial charge in [0.15, 0.2) is 0 Å². The van der Waals surface area contributed by atoms with Crippen LogP contribution >= 0.6 is 0 Å². The van der Waals surface area contributed by atoms with Crippen LogP contribution in [0, 0.1) is 0 Å². The van der Waals surface area contributed by atoms with Crippen molar-refractivity contribution < 1.29 is 14.4 Å². The number of urea groups is 1. The molecule has 0 bridgehead atoms. The maximum absolute atomic E-state index is 12.8. The molecule has 2 aliphatic rings. The zero-order valence-corrected chi connectivity index (χ0v) is 16.1. The number of amides is 4. The number of nitrogens with one attached hydrogen (secondary N) is 2. The van der Waals surface area contributed by atoms with Crippen molar-refractivity contribution >= 4 is 23.8 Å². The predicted octanol–water partition coefficient (Wildman–Crippen LogP) is 1.25. The van der Waals surface area contributed by atoms with Crippen molar-refractivity contribution in [2.45, 2.75) is 24.9 Å². The Morgan fingerprint density at radius 1 is 1.14 bits per heavy atom. The summed E-state index contributed by atoms with van der Waals surface area (Å²) in [6.45, 7) is 1.10. The number of aromatic nitrogens is 2. The summed E-state index contributed by atoms with van der Waals surface area (Å²) in [5.74, 6) is -0.0223. The van der Waals surface area contributed by atoms with E-state index in [9.17, 15) is 14.4 Å². The molecule has 4 rings (SSSR count). The van der Waals surface area contributed by atoms with E-state index in [1.165, 1.54) is 12.4 Å². The van der Waals surface area contributed by atoms with Crippen molar-refractivity contribution in [3.8, 4) is 0 Å². The number of nitrogens with zero attached hydrogens (tertiary/aromatic N) is 4. The topological polar surface area (TPSA) is 108 Å². The Hall–Kier alpha value is -3.49. The average Bonchev–Trinajstić information content (AvgIpc) is 2.98. The van der Waals surface area contributed by atoms with E-state index in [4.69, 9.17) is 0 Å². The first kappa shape index (κ1) is 18.9. The minimum absolute atomic E-state index is 0.179. The number of piperidine rings is 1. The highest BCUT2D eigenvalue weighted by Gasteiger charge is 2.54. The highest BCUT2D eigenvalue weighted by Crippen LogP contribution is 2.35. The Morgan fingerprint density at radius 3 is 2.41 bits per heavy atom. The fraction of sp³-hybridized carbons (Fsp3) is 0.350. The van der Waals surface area contributed by atoms with E-state index in [0.29, 0.717) is 44.0 Å². The summed E-state index contributed by atoms with van der Waals surface area (Å²) >= 11 is 0. The molecule has 2 aromatic rings. The number of anilines is 1. The summed E-state index contributed by atoms with van der Waals surface area (Å²) in [6.07, 6.45) is 3.75. The Balaban J connectivity index is 1.49. The second-order valence-electron chi connectivity index (χ2n) is 7.20. The normalized spacial score (nSPS) is 18.1. The molecular formula is C20H22N6O3. The van der Waals surface area contributed by atoms with Gasteiger partial charge in [-0.25, -0.2) is 14.8 Å². The zero-order valence-electron chi connectivity index (χ0n) is 16.1. The molecule has 0 radical (unpaired) electrons. The highest BCUT2D eigenvalue weighted by molar-refractivity contribution is 6.07. The van der Waals surface area contributed by atoms with E-state index in [2.05, 4.69) is 20.6 Å². The number of hydrogen-bond acceptors (Lipinski definition) is 6. The second-order valence-corrected chi connectivity index (χ2v) is 7.20. The molecule has 2 N–H and O–H groups in total. The molecule has 2 aliphatic heterocycles. The first-order valence-electron chi connectivity index (χ1n) is 9.49. The molecule has 9 nitrogen and oxygen atoms in total. The smallest absolute Gasteiger partial charge is 0.325 e. The van der Waals surface area contributed by atoms with Crippen LogP contribution in [0.15, 0.2) is 42.7 Å². The molecule has 29 heavy (non-hydrogen) atoms. The van der Waals surface area contributed by atoms with Gasteiger partial charge in [0.25, 0.3) is 11.8 Å². The van der Waals surface area contributed by atoms with E-state index < -0.39 is 5.54 Å². The summed E-state index contributed by atoms with van der Waals surface area (Å²) in [7, 11) is 1.70. The first-order valence-corrected chi connectivity index (χ1v) is 9.49. The van der Waals surface area contributed by atoms with Crippen molar-refractivity contribution in [2.75, 3.05) is 25.5 Å². The monoisotopic (exact) mass is 394 g/mol. The lowest BCUT2D eigenvalue weighted by molar-refractivity contribution is -0.129. The van der Waals surface area contributed by atoms with Crippen LogP contribution in [0.2, 0.25) is 0 Å². The van der Waals surface area contributed by atoms with E-state index in [0.717, 1.165) is 5.56 Å². The fourth-order valence-electron chi connectivity index (χ4n) is 3.91. The van der Waals surface area contributed by atoms with Crippen LogP contribution in [-0.4, -0.2) is 63.3 Å². The van der Waals surface area contributed by atoms with Crippen molar-refractivity contribution in [2.24, 2.45) is 0 Å². The molecule has 9 heteroatoms. The van der Waals surface area contributed by atoms with Crippen molar-refractivity contribution in [3.05, 3.63) is 53.9 Å². The van der Waals surface area contributed by atoms with Crippen LogP contribution in [0.3, 0.4) is 0 Å². The van der Waals surface area contributed by atoms with Crippen molar-refractivity contribution in [1.82, 2.24) is 25.1 Å². The molecule has 2 fully saturated rings. The van der Waals surface area contributed by atoms with Crippen LogP contribution in [0.4, 0.5) is 10.7 Å². The van der Waals surface area contributed by atoms with Gasteiger partial charge in [0.1, 0.15) is 5.54 Å². The van der Waals surface area contributed by atoms with Crippen LogP contribution in [0.5, 0.6) is 0 Å². The number of carbonyl (C=O) groups is 3. The molecule has 1 spiro atoms. The molecule has 0 aliphatic carbocycles. The van der Waals surface area contributed by atoms with E-state index >= 15 is 0 Å². The highest BCUT2D eigenvalue weighted by atomic mass is 16.2. The van der Waals surface area contributed by atoms with Crippen LogP contribution < -0.4 is 10.6 Å². The summed E-state index contributed by atoms with van der Waals surface area (Å²) in [4.78, 5) is 49.3. The van der Waals surface area contributed by atoms with Gasteiger partial charge in [0.2, 0.25) is 5.95 Å². The van der Waals surface area contributed by atoms with Gasteiger partial charge in [0, 0.05) is 39.1 Å². The number of carbonyl (C=O) groups excluding carboxylic acids is 3. The molecular weight excluding hydrogens is 372 g/mol. The Bertz CT molecular complexity index is 923. The lowest BCUT2D eigenvalue weighted by Gasteiger charge is -2.42. The Morgan fingerprint density at radius 2 is 1.79 bits per heavy atom. The van der Waals surface area contributed by atoms with Crippen molar-refractivity contribution in [1.29, 1.82) is 0 Å².